The van der Waals surface area contributed by atoms with Gasteiger partial charge in [-0.3, -0.25) is 4.79 Å². The van der Waals surface area contributed by atoms with Crippen molar-refractivity contribution in [2.24, 2.45) is 0 Å². The molecule has 1 aliphatic rings. The summed E-state index contributed by atoms with van der Waals surface area (Å²) in [6, 6.07) is 7.79. The molecule has 1 aromatic rings. The number of carbonyl (C=O) groups excluding carboxylic acids is 1. The van der Waals surface area contributed by atoms with E-state index in [0.717, 1.165) is 0 Å². The standard InChI is InChI=1S/C14H19NO6.BH2O2/c1-8(17)15-11-13(19)12(18)10(7-16)21-14(11)20-9-5-3-2-4-6-9;2-1-3/h2-6,10-14,16,18-19H,7H2,1H3,(H,15,17);2-3H/t10-,11-,12-,13-,14?;/m1./s1. The molecule has 1 fully saturated rings. The number of aliphatic hydroxyl groups excluding tert-OH is 3. The van der Waals surface area contributed by atoms with Gasteiger partial charge in [0.15, 0.2) is 0 Å². The first-order chi connectivity index (χ1) is 11.4. The largest absolute Gasteiger partial charge is 0.482 e. The number of aliphatic hydroxyl groups is 3. The van der Waals surface area contributed by atoms with Crippen molar-refractivity contribution >= 4 is 13.6 Å². The lowest BCUT2D eigenvalue weighted by atomic mass is 9.97. The highest BCUT2D eigenvalue weighted by molar-refractivity contribution is 6.13. The van der Waals surface area contributed by atoms with Crippen LogP contribution in [0.15, 0.2) is 30.3 Å². The predicted molar refractivity (Wildman–Crippen MR) is 82.6 cm³/mol. The van der Waals surface area contributed by atoms with Crippen molar-refractivity contribution in [3.63, 3.8) is 0 Å². The van der Waals surface area contributed by atoms with E-state index in [1.165, 1.54) is 6.92 Å². The second-order valence-electron chi connectivity index (χ2n) is 4.98. The number of rotatable bonds is 4. The van der Waals surface area contributed by atoms with Crippen molar-refractivity contribution in [2.45, 2.75) is 37.6 Å². The van der Waals surface area contributed by atoms with Gasteiger partial charge in [-0.05, 0) is 12.1 Å². The third kappa shape index (κ3) is 5.75. The average molecular weight is 342 g/mol. The van der Waals surface area contributed by atoms with Crippen LogP contribution in [0.3, 0.4) is 0 Å². The Bertz CT molecular complexity index is 491. The molecule has 10 heteroatoms. The van der Waals surface area contributed by atoms with E-state index in [1.54, 1.807) is 24.3 Å². The molecule has 0 saturated carbocycles. The molecule has 0 aliphatic carbocycles. The van der Waals surface area contributed by atoms with Crippen molar-refractivity contribution in [3.05, 3.63) is 30.3 Å². The summed E-state index contributed by atoms with van der Waals surface area (Å²) in [6.07, 6.45) is -4.64. The van der Waals surface area contributed by atoms with E-state index in [2.05, 4.69) is 5.32 Å². The minimum atomic E-state index is -1.32. The van der Waals surface area contributed by atoms with Crippen molar-refractivity contribution in [3.8, 4) is 5.75 Å². The van der Waals surface area contributed by atoms with Crippen molar-refractivity contribution in [2.75, 3.05) is 6.61 Å². The molecule has 1 amide bonds. The summed E-state index contributed by atoms with van der Waals surface area (Å²) in [5.41, 5.74) is 0. The normalized spacial score (nSPS) is 29.0. The van der Waals surface area contributed by atoms with Crippen LogP contribution >= 0.6 is 0 Å². The number of ether oxygens (including phenoxy) is 2. The number of para-hydroxylation sites is 1. The van der Waals surface area contributed by atoms with E-state index in [1.807, 2.05) is 6.07 Å². The predicted octanol–water partition coefficient (Wildman–Crippen LogP) is -2.49. The van der Waals surface area contributed by atoms with E-state index >= 15 is 0 Å². The highest BCUT2D eigenvalue weighted by Gasteiger charge is 2.45. The summed E-state index contributed by atoms with van der Waals surface area (Å²) in [6.45, 7) is 0.816. The zero-order chi connectivity index (χ0) is 18.1. The second kappa shape index (κ2) is 10.2. The number of hydrogen-bond acceptors (Lipinski definition) is 8. The Morgan fingerprint density at radius 1 is 1.25 bits per heavy atom. The molecule has 1 unspecified atom stereocenters. The second-order valence-corrected chi connectivity index (χ2v) is 4.98. The summed E-state index contributed by atoms with van der Waals surface area (Å²) in [5, 5.41) is 45.7. The van der Waals surface area contributed by atoms with Crippen molar-refractivity contribution in [1.29, 1.82) is 0 Å². The molecule has 5 atom stereocenters. The van der Waals surface area contributed by atoms with Gasteiger partial charge >= 0.3 is 7.69 Å². The van der Waals surface area contributed by atoms with Crippen LogP contribution in [-0.4, -0.2) is 76.2 Å². The van der Waals surface area contributed by atoms with Gasteiger partial charge in [0.25, 0.3) is 0 Å². The Morgan fingerprint density at radius 2 is 1.83 bits per heavy atom. The third-order valence-corrected chi connectivity index (χ3v) is 3.25. The van der Waals surface area contributed by atoms with Gasteiger partial charge in [-0.25, -0.2) is 0 Å². The van der Waals surface area contributed by atoms with Gasteiger partial charge in [0.05, 0.1) is 6.61 Å². The Balaban J connectivity index is 0.000000891. The van der Waals surface area contributed by atoms with Crippen molar-refractivity contribution in [1.82, 2.24) is 5.32 Å². The lowest BCUT2D eigenvalue weighted by Crippen LogP contribution is -2.65. The van der Waals surface area contributed by atoms with Crippen LogP contribution in [0.5, 0.6) is 5.75 Å². The summed E-state index contributed by atoms with van der Waals surface area (Å²) in [7, 11) is 0. The Labute approximate surface area is 139 Å². The fraction of sp³-hybridized carbons (Fsp3) is 0.500. The quantitative estimate of drug-likeness (QED) is 0.329. The molecule has 24 heavy (non-hydrogen) atoms. The number of carbonyl (C=O) groups is 1. The molecular formula is C14H21BNO8. The van der Waals surface area contributed by atoms with Gasteiger partial charge in [-0.2, -0.15) is 0 Å². The van der Waals surface area contributed by atoms with E-state index in [4.69, 9.17) is 19.5 Å². The minimum Gasteiger partial charge on any atom is -0.463 e. The number of amides is 1. The first-order valence-electron chi connectivity index (χ1n) is 7.16. The van der Waals surface area contributed by atoms with E-state index < -0.39 is 37.3 Å². The van der Waals surface area contributed by atoms with Gasteiger partial charge in [0.2, 0.25) is 12.2 Å². The lowest BCUT2D eigenvalue weighted by molar-refractivity contribution is -0.244. The Kier molecular flexibility index (Phi) is 8.68. The molecule has 1 saturated heterocycles. The smallest absolute Gasteiger partial charge is 0.463 e. The molecule has 1 heterocycles. The Hall–Kier alpha value is -1.69. The molecule has 0 spiro atoms. The monoisotopic (exact) mass is 342 g/mol. The lowest BCUT2D eigenvalue weighted by Gasteiger charge is -2.42. The first-order valence-corrected chi connectivity index (χ1v) is 7.16. The molecule has 133 valence electrons. The van der Waals surface area contributed by atoms with Gasteiger partial charge in [-0.1, -0.05) is 18.2 Å². The maximum atomic E-state index is 11.2. The maximum Gasteiger partial charge on any atom is 0.482 e. The van der Waals surface area contributed by atoms with Gasteiger partial charge in [0.1, 0.15) is 30.1 Å². The molecule has 1 aliphatic heterocycles. The number of hydrogen-bond donors (Lipinski definition) is 6. The van der Waals surface area contributed by atoms with Crippen LogP contribution in [0, 0.1) is 0 Å². The zero-order valence-electron chi connectivity index (χ0n) is 13.0. The topological polar surface area (TPSA) is 149 Å². The van der Waals surface area contributed by atoms with E-state index in [0.29, 0.717) is 5.75 Å². The summed E-state index contributed by atoms with van der Waals surface area (Å²) in [5.74, 6) is 0.0945. The van der Waals surface area contributed by atoms with E-state index in [9.17, 15) is 20.1 Å². The fourth-order valence-electron chi connectivity index (χ4n) is 2.20. The number of benzene rings is 1. The van der Waals surface area contributed by atoms with Crippen LogP contribution in [0.25, 0.3) is 0 Å². The summed E-state index contributed by atoms with van der Waals surface area (Å²) in [4.78, 5) is 11.2. The maximum absolute atomic E-state index is 11.2. The molecule has 9 nitrogen and oxygen atoms in total. The average Bonchev–Trinajstić information content (AvgIpc) is 2.55. The fourth-order valence-corrected chi connectivity index (χ4v) is 2.20. The van der Waals surface area contributed by atoms with Crippen LogP contribution < -0.4 is 10.1 Å². The molecule has 2 rings (SSSR count). The van der Waals surface area contributed by atoms with Crippen molar-refractivity contribution < 1.29 is 39.6 Å². The zero-order valence-corrected chi connectivity index (χ0v) is 13.0. The van der Waals surface area contributed by atoms with Gasteiger partial charge in [0, 0.05) is 6.92 Å². The van der Waals surface area contributed by atoms with Gasteiger partial charge in [-0.15, -0.1) is 0 Å². The number of nitrogens with one attached hydrogen (secondary N) is 1. The SMILES string of the molecule is CC(=O)N[C@H]1C(Oc2ccccc2)O[C@H](CO)[C@@H](O)[C@@H]1O.O[B]O. The highest BCUT2D eigenvalue weighted by Crippen LogP contribution is 2.24. The van der Waals surface area contributed by atoms with Gasteiger partial charge < -0.3 is 40.2 Å². The molecule has 6 N–H and O–H groups in total. The van der Waals surface area contributed by atoms with Crippen LogP contribution in [0.4, 0.5) is 0 Å². The molecular weight excluding hydrogens is 321 g/mol. The Morgan fingerprint density at radius 3 is 2.33 bits per heavy atom. The third-order valence-electron chi connectivity index (χ3n) is 3.25. The summed E-state index contributed by atoms with van der Waals surface area (Å²) < 4.78 is 11.0. The first kappa shape index (κ1) is 20.4. The molecule has 0 aromatic heterocycles. The van der Waals surface area contributed by atoms with Crippen LogP contribution in [-0.2, 0) is 9.53 Å². The molecule has 0 bridgehead atoms. The van der Waals surface area contributed by atoms with Crippen LogP contribution in [0.2, 0.25) is 0 Å². The van der Waals surface area contributed by atoms with Crippen LogP contribution in [0.1, 0.15) is 6.92 Å². The van der Waals surface area contributed by atoms with E-state index in [-0.39, 0.29) is 13.6 Å². The minimum absolute atomic E-state index is 0. The summed E-state index contributed by atoms with van der Waals surface area (Å²) >= 11 is 0. The molecule has 1 radical (unpaired) electrons. The molecule has 1 aromatic carbocycles. The highest BCUT2D eigenvalue weighted by atomic mass is 16.7.